The van der Waals surface area contributed by atoms with Crippen LogP contribution < -0.4 is 9.47 Å². The van der Waals surface area contributed by atoms with Crippen LogP contribution in [-0.2, 0) is 0 Å². The van der Waals surface area contributed by atoms with Crippen LogP contribution in [0.4, 0.5) is 0 Å². The normalized spacial score (nSPS) is 10.2. The summed E-state index contributed by atoms with van der Waals surface area (Å²) >= 11 is 9.22. The van der Waals surface area contributed by atoms with Gasteiger partial charge in [0.1, 0.15) is 0 Å². The van der Waals surface area contributed by atoms with Gasteiger partial charge in [-0.2, -0.15) is 4.98 Å². The molecule has 0 aliphatic heterocycles. The van der Waals surface area contributed by atoms with E-state index in [1.165, 1.54) is 20.4 Å². The van der Waals surface area contributed by atoms with Crippen LogP contribution >= 0.6 is 27.5 Å². The Hall–Kier alpha value is -1.66. The summed E-state index contributed by atoms with van der Waals surface area (Å²) in [6.07, 6.45) is 1.36. The molecule has 7 heteroatoms. The maximum absolute atomic E-state index is 12.5. The van der Waals surface area contributed by atoms with E-state index in [9.17, 15) is 4.79 Å². The lowest BCUT2D eigenvalue weighted by atomic mass is 10.1. The molecule has 0 aliphatic rings. The number of nitrogens with zero attached hydrogens (tertiary/aromatic N) is 2. The van der Waals surface area contributed by atoms with Crippen molar-refractivity contribution >= 4 is 33.3 Å². The van der Waals surface area contributed by atoms with Gasteiger partial charge in [0.25, 0.3) is 0 Å². The first-order valence-electron chi connectivity index (χ1n) is 5.51. The molecule has 0 saturated carbocycles. The largest absolute Gasteiger partial charge is 0.480 e. The van der Waals surface area contributed by atoms with E-state index >= 15 is 0 Å². The number of carbonyl (C=O) groups excluding carboxylic acids is 1. The molecule has 1 aromatic heterocycles. The molecular formula is C13H10BrClN2O3. The Balaban J connectivity index is 2.50. The third kappa shape index (κ3) is 2.91. The Labute approximate surface area is 129 Å². The summed E-state index contributed by atoms with van der Waals surface area (Å²) in [5.41, 5.74) is 0.478. The molecule has 0 spiro atoms. The van der Waals surface area contributed by atoms with Crippen LogP contribution in [0.5, 0.6) is 11.8 Å². The van der Waals surface area contributed by atoms with E-state index in [0.29, 0.717) is 15.1 Å². The molecule has 0 unspecified atom stereocenters. The molecule has 20 heavy (non-hydrogen) atoms. The molecule has 0 atom stereocenters. The number of hydrogen-bond donors (Lipinski definition) is 0. The lowest BCUT2D eigenvalue weighted by molar-refractivity contribution is 0.102. The first-order valence-corrected chi connectivity index (χ1v) is 6.68. The molecule has 1 aromatic carbocycles. The van der Waals surface area contributed by atoms with Gasteiger partial charge in [0, 0.05) is 15.1 Å². The molecule has 0 N–H and O–H groups in total. The quantitative estimate of drug-likeness (QED) is 0.787. The topological polar surface area (TPSA) is 61.3 Å². The van der Waals surface area contributed by atoms with Gasteiger partial charge in [-0.25, -0.2) is 4.98 Å². The maximum Gasteiger partial charge on any atom is 0.247 e. The Morgan fingerprint density at radius 1 is 1.30 bits per heavy atom. The number of carbonyl (C=O) groups is 1. The minimum Gasteiger partial charge on any atom is -0.480 e. The van der Waals surface area contributed by atoms with Gasteiger partial charge in [0.2, 0.25) is 17.5 Å². The van der Waals surface area contributed by atoms with E-state index in [1.807, 2.05) is 0 Å². The average Bonchev–Trinajstić information content (AvgIpc) is 2.48. The van der Waals surface area contributed by atoms with Crippen LogP contribution in [0.3, 0.4) is 0 Å². The molecule has 0 saturated heterocycles. The van der Waals surface area contributed by atoms with Crippen LogP contribution in [0.15, 0.2) is 28.9 Å². The van der Waals surface area contributed by atoms with E-state index in [2.05, 4.69) is 25.9 Å². The summed E-state index contributed by atoms with van der Waals surface area (Å²) < 4.78 is 10.6. The molecule has 2 rings (SSSR count). The lowest BCUT2D eigenvalue weighted by Crippen LogP contribution is -2.09. The second kappa shape index (κ2) is 6.19. The monoisotopic (exact) mass is 356 g/mol. The molecular weight excluding hydrogens is 348 g/mol. The third-order valence-corrected chi connectivity index (χ3v) is 3.44. The van der Waals surface area contributed by atoms with Gasteiger partial charge in [0.15, 0.2) is 5.69 Å². The molecule has 0 radical (unpaired) electrons. The van der Waals surface area contributed by atoms with Gasteiger partial charge in [-0.15, -0.1) is 0 Å². The molecule has 1 heterocycles. The number of rotatable bonds is 4. The SMILES string of the molecule is COc1cnc(C(=O)c2cc(Cl)ccc2Br)c(OC)n1. The molecule has 0 amide bonds. The predicted octanol–water partition coefficient (Wildman–Crippen LogP) is 3.14. The van der Waals surface area contributed by atoms with Crippen molar-refractivity contribution in [2.75, 3.05) is 14.2 Å². The predicted molar refractivity (Wildman–Crippen MR) is 77.7 cm³/mol. The summed E-state index contributed by atoms with van der Waals surface area (Å²) in [4.78, 5) is 20.6. The number of ether oxygens (including phenoxy) is 2. The second-order valence-corrected chi connectivity index (χ2v) is 5.01. The van der Waals surface area contributed by atoms with Gasteiger partial charge in [-0.1, -0.05) is 27.5 Å². The molecule has 0 bridgehead atoms. The Morgan fingerprint density at radius 3 is 2.70 bits per heavy atom. The number of hydrogen-bond acceptors (Lipinski definition) is 5. The van der Waals surface area contributed by atoms with Gasteiger partial charge in [-0.3, -0.25) is 4.79 Å². The lowest BCUT2D eigenvalue weighted by Gasteiger charge is -2.08. The van der Waals surface area contributed by atoms with E-state index in [-0.39, 0.29) is 23.2 Å². The highest BCUT2D eigenvalue weighted by Crippen LogP contribution is 2.26. The van der Waals surface area contributed by atoms with Crippen molar-refractivity contribution in [2.24, 2.45) is 0 Å². The van der Waals surface area contributed by atoms with E-state index in [1.54, 1.807) is 18.2 Å². The summed E-state index contributed by atoms with van der Waals surface area (Å²) in [5, 5.41) is 0.456. The zero-order chi connectivity index (χ0) is 14.7. The summed E-state index contributed by atoms with van der Waals surface area (Å²) in [6, 6.07) is 4.93. The average molecular weight is 358 g/mol. The fourth-order valence-corrected chi connectivity index (χ4v) is 2.15. The van der Waals surface area contributed by atoms with Gasteiger partial charge < -0.3 is 9.47 Å². The minimum absolute atomic E-state index is 0.0938. The third-order valence-electron chi connectivity index (χ3n) is 2.51. The van der Waals surface area contributed by atoms with Crippen LogP contribution in [0.25, 0.3) is 0 Å². The van der Waals surface area contributed by atoms with Crippen molar-refractivity contribution in [2.45, 2.75) is 0 Å². The second-order valence-electron chi connectivity index (χ2n) is 3.72. The number of ketones is 1. The zero-order valence-electron chi connectivity index (χ0n) is 10.7. The Morgan fingerprint density at radius 2 is 2.05 bits per heavy atom. The molecule has 5 nitrogen and oxygen atoms in total. The van der Waals surface area contributed by atoms with Crippen molar-refractivity contribution < 1.29 is 14.3 Å². The van der Waals surface area contributed by atoms with E-state index in [0.717, 1.165) is 0 Å². The fraction of sp³-hybridized carbons (Fsp3) is 0.154. The highest BCUT2D eigenvalue weighted by Gasteiger charge is 2.20. The van der Waals surface area contributed by atoms with Crippen LogP contribution in [-0.4, -0.2) is 30.0 Å². The molecule has 104 valence electrons. The van der Waals surface area contributed by atoms with Crippen molar-refractivity contribution in [1.29, 1.82) is 0 Å². The number of halogens is 2. The summed E-state index contributed by atoms with van der Waals surface area (Å²) in [6.45, 7) is 0. The highest BCUT2D eigenvalue weighted by molar-refractivity contribution is 9.10. The first-order chi connectivity index (χ1) is 9.56. The van der Waals surface area contributed by atoms with Gasteiger partial charge in [-0.05, 0) is 18.2 Å². The maximum atomic E-state index is 12.5. The Kier molecular flexibility index (Phi) is 4.57. The van der Waals surface area contributed by atoms with E-state index in [4.69, 9.17) is 21.1 Å². The van der Waals surface area contributed by atoms with Gasteiger partial charge in [0.05, 0.1) is 20.4 Å². The minimum atomic E-state index is -0.341. The van der Waals surface area contributed by atoms with E-state index < -0.39 is 0 Å². The highest BCUT2D eigenvalue weighted by atomic mass is 79.9. The fourth-order valence-electron chi connectivity index (χ4n) is 1.55. The number of benzene rings is 1. The van der Waals surface area contributed by atoms with Crippen LogP contribution in [0.2, 0.25) is 5.02 Å². The first kappa shape index (κ1) is 14.7. The summed E-state index contributed by atoms with van der Waals surface area (Å²) in [7, 11) is 2.87. The molecule has 0 fully saturated rings. The van der Waals surface area contributed by atoms with Crippen molar-refractivity contribution in [3.05, 3.63) is 45.1 Å². The molecule has 0 aliphatic carbocycles. The van der Waals surface area contributed by atoms with Crippen LogP contribution in [0.1, 0.15) is 16.1 Å². The smallest absolute Gasteiger partial charge is 0.247 e. The Bertz CT molecular complexity index is 664. The van der Waals surface area contributed by atoms with Crippen molar-refractivity contribution in [3.8, 4) is 11.8 Å². The van der Waals surface area contributed by atoms with Crippen LogP contribution in [0, 0.1) is 0 Å². The summed E-state index contributed by atoms with van der Waals surface area (Å²) in [5.74, 6) is 0.0242. The number of methoxy groups -OCH3 is 2. The van der Waals surface area contributed by atoms with Gasteiger partial charge >= 0.3 is 0 Å². The van der Waals surface area contributed by atoms with Crippen molar-refractivity contribution in [3.63, 3.8) is 0 Å². The number of aromatic nitrogens is 2. The standard InChI is InChI=1S/C13H10BrClN2O3/c1-19-10-6-16-11(13(17-10)20-2)12(18)8-5-7(15)3-4-9(8)14/h3-6H,1-2H3. The van der Waals surface area contributed by atoms with Crippen molar-refractivity contribution in [1.82, 2.24) is 9.97 Å². The molecule has 2 aromatic rings. The zero-order valence-corrected chi connectivity index (χ0v) is 13.0.